The minimum absolute atomic E-state index is 0.185. The van der Waals surface area contributed by atoms with Crippen LogP contribution >= 0.6 is 38.6 Å². The van der Waals surface area contributed by atoms with Crippen LogP contribution in [0.15, 0.2) is 60.7 Å². The van der Waals surface area contributed by atoms with Crippen LogP contribution in [0.4, 0.5) is 0 Å². The van der Waals surface area contributed by atoms with Crippen LogP contribution in [0, 0.1) is 0 Å². The summed E-state index contributed by atoms with van der Waals surface area (Å²) in [4.78, 5) is 0.633. The number of rotatable bonds is 6. The highest BCUT2D eigenvalue weighted by atomic mass is 79.9. The molecule has 1 atom stereocenters. The number of hydrogen-bond donors (Lipinski definition) is 2. The maximum absolute atomic E-state index is 12.4. The van der Waals surface area contributed by atoms with Gasteiger partial charge in [0.05, 0.1) is 16.3 Å². The van der Waals surface area contributed by atoms with E-state index in [1.54, 1.807) is 24.3 Å². The molecule has 3 heterocycles. The van der Waals surface area contributed by atoms with Crippen molar-refractivity contribution < 1.29 is 17.9 Å². The first-order valence-corrected chi connectivity index (χ1v) is 10.4. The van der Waals surface area contributed by atoms with Gasteiger partial charge in [-0.1, -0.05) is 6.07 Å². The van der Waals surface area contributed by atoms with Gasteiger partial charge in [-0.05, 0) is 45.6 Å². The summed E-state index contributed by atoms with van der Waals surface area (Å²) in [6.45, 7) is -0.190. The van der Waals surface area contributed by atoms with Crippen molar-refractivity contribution in [3.8, 4) is 0 Å². The first kappa shape index (κ1) is 16.9. The fourth-order valence-electron chi connectivity index (χ4n) is 2.06. The predicted molar refractivity (Wildman–Crippen MR) is 93.2 cm³/mol. The van der Waals surface area contributed by atoms with Crippen molar-refractivity contribution in [2.24, 2.45) is 0 Å². The van der Waals surface area contributed by atoms with E-state index in [1.807, 2.05) is 5.38 Å². The molecule has 23 heavy (non-hydrogen) atoms. The van der Waals surface area contributed by atoms with Gasteiger partial charge in [0.1, 0.15) is 9.81 Å². The van der Waals surface area contributed by atoms with E-state index in [1.165, 1.54) is 29.9 Å². The van der Waals surface area contributed by atoms with E-state index in [0.29, 0.717) is 10.4 Å². The van der Waals surface area contributed by atoms with Crippen molar-refractivity contribution in [3.63, 3.8) is 0 Å². The Labute approximate surface area is 149 Å². The molecule has 2 N–H and O–H groups in total. The van der Waals surface area contributed by atoms with Crippen molar-refractivity contribution >= 4 is 48.6 Å². The zero-order chi connectivity index (χ0) is 16.5. The van der Waals surface area contributed by atoms with Crippen molar-refractivity contribution in [3.05, 3.63) is 62.5 Å². The first-order chi connectivity index (χ1) is 10.9. The monoisotopic (exact) mass is 433 g/mol. The molecule has 0 spiro atoms. The molecule has 3 aromatic heterocycles. The van der Waals surface area contributed by atoms with Gasteiger partial charge in [-0.25, -0.2) is 13.1 Å². The molecule has 0 radical (unpaired) electrons. The molecule has 0 aliphatic rings. The maximum atomic E-state index is 12.4. The molecule has 0 amide bonds. The lowest BCUT2D eigenvalue weighted by Gasteiger charge is -2.26. The highest BCUT2D eigenvalue weighted by Crippen LogP contribution is 2.33. The molecule has 3 aromatic rings. The van der Waals surface area contributed by atoms with Gasteiger partial charge in [-0.15, -0.1) is 22.7 Å². The van der Waals surface area contributed by atoms with Crippen molar-refractivity contribution in [1.82, 2.24) is 4.72 Å². The predicted octanol–water partition coefficient (Wildman–Crippen LogP) is 3.38. The van der Waals surface area contributed by atoms with Gasteiger partial charge in [-0.2, -0.15) is 0 Å². The van der Waals surface area contributed by atoms with E-state index < -0.39 is 15.6 Å². The Kier molecular flexibility index (Phi) is 4.77. The lowest BCUT2D eigenvalue weighted by atomic mass is 9.95. The van der Waals surface area contributed by atoms with Gasteiger partial charge in [0.15, 0.2) is 0 Å². The van der Waals surface area contributed by atoms with Gasteiger partial charge < -0.3 is 9.52 Å². The summed E-state index contributed by atoms with van der Waals surface area (Å²) in [6, 6.07) is 8.36. The summed E-state index contributed by atoms with van der Waals surface area (Å²) in [5.41, 5.74) is -0.988. The summed E-state index contributed by atoms with van der Waals surface area (Å²) >= 11 is 5.70. The molecular weight excluding hydrogens is 422 g/mol. The van der Waals surface area contributed by atoms with E-state index in [4.69, 9.17) is 4.42 Å². The Hall–Kier alpha value is -0.970. The molecule has 0 fully saturated rings. The number of furan rings is 1. The third kappa shape index (κ3) is 3.44. The Morgan fingerprint density at radius 1 is 1.30 bits per heavy atom. The van der Waals surface area contributed by atoms with Gasteiger partial charge in [-0.3, -0.25) is 0 Å². The largest absolute Gasteiger partial charge is 0.472 e. The summed E-state index contributed by atoms with van der Waals surface area (Å²) in [7, 11) is -3.70. The SMILES string of the molecule is O=S(=O)(NC[C@@](O)(c1ccoc1)c1cccs1)c1ccc(Br)s1. The Morgan fingerprint density at radius 2 is 2.13 bits per heavy atom. The third-order valence-corrected chi connectivity index (χ3v) is 7.80. The molecule has 0 saturated carbocycles. The highest BCUT2D eigenvalue weighted by Gasteiger charge is 2.35. The molecule has 122 valence electrons. The number of aliphatic hydroxyl groups is 1. The van der Waals surface area contributed by atoms with E-state index in [2.05, 4.69) is 20.7 Å². The minimum Gasteiger partial charge on any atom is -0.472 e. The molecule has 0 saturated heterocycles. The Balaban J connectivity index is 1.89. The average molecular weight is 434 g/mol. The molecule has 0 aromatic carbocycles. The van der Waals surface area contributed by atoms with Crippen LogP contribution in [0.2, 0.25) is 0 Å². The zero-order valence-corrected chi connectivity index (χ0v) is 15.6. The zero-order valence-electron chi connectivity index (χ0n) is 11.6. The van der Waals surface area contributed by atoms with Crippen molar-refractivity contribution in [2.75, 3.05) is 6.54 Å². The smallest absolute Gasteiger partial charge is 0.250 e. The van der Waals surface area contributed by atoms with Crippen molar-refractivity contribution in [1.29, 1.82) is 0 Å². The Bertz CT molecular complexity index is 835. The number of sulfonamides is 1. The highest BCUT2D eigenvalue weighted by molar-refractivity contribution is 9.11. The normalized spacial score (nSPS) is 14.7. The molecule has 0 bridgehead atoms. The van der Waals surface area contributed by atoms with Crippen LogP contribution in [-0.4, -0.2) is 20.1 Å². The molecule has 9 heteroatoms. The van der Waals surface area contributed by atoms with Gasteiger partial charge in [0.2, 0.25) is 10.0 Å². The van der Waals surface area contributed by atoms with E-state index in [-0.39, 0.29) is 10.8 Å². The average Bonchev–Trinajstić information content (AvgIpc) is 3.25. The van der Waals surface area contributed by atoms with Crippen LogP contribution in [0.1, 0.15) is 10.4 Å². The molecule has 5 nitrogen and oxygen atoms in total. The minimum atomic E-state index is -3.70. The van der Waals surface area contributed by atoms with Gasteiger partial charge in [0.25, 0.3) is 0 Å². The van der Waals surface area contributed by atoms with Crippen LogP contribution in [-0.2, 0) is 15.6 Å². The van der Waals surface area contributed by atoms with Gasteiger partial charge >= 0.3 is 0 Å². The second kappa shape index (κ2) is 6.50. The van der Waals surface area contributed by atoms with E-state index in [0.717, 1.165) is 15.1 Å². The van der Waals surface area contributed by atoms with E-state index >= 15 is 0 Å². The summed E-state index contributed by atoms with van der Waals surface area (Å²) in [5, 5.41) is 12.9. The van der Waals surface area contributed by atoms with E-state index in [9.17, 15) is 13.5 Å². The quantitative estimate of drug-likeness (QED) is 0.624. The second-order valence-electron chi connectivity index (χ2n) is 4.73. The third-order valence-electron chi connectivity index (χ3n) is 3.26. The van der Waals surface area contributed by atoms with Gasteiger partial charge in [0, 0.05) is 17.0 Å². The summed E-state index contributed by atoms with van der Waals surface area (Å²) in [6.07, 6.45) is 2.86. The van der Waals surface area contributed by atoms with Crippen LogP contribution < -0.4 is 4.72 Å². The molecule has 3 rings (SSSR count). The van der Waals surface area contributed by atoms with Crippen LogP contribution in [0.25, 0.3) is 0 Å². The molecular formula is C14H12BrNO4S3. The topological polar surface area (TPSA) is 79.5 Å². The lowest BCUT2D eigenvalue weighted by Crippen LogP contribution is -2.40. The summed E-state index contributed by atoms with van der Waals surface area (Å²) in [5.74, 6) is 0. The number of hydrogen-bond acceptors (Lipinski definition) is 6. The fourth-order valence-corrected chi connectivity index (χ4v) is 6.02. The molecule has 0 unspecified atom stereocenters. The number of thiophene rings is 2. The molecule has 0 aliphatic heterocycles. The number of halogens is 1. The lowest BCUT2D eigenvalue weighted by molar-refractivity contribution is 0.0892. The van der Waals surface area contributed by atoms with Crippen molar-refractivity contribution in [2.45, 2.75) is 9.81 Å². The second-order valence-corrected chi connectivity index (χ2v) is 10.1. The Morgan fingerprint density at radius 3 is 2.70 bits per heavy atom. The standard InChI is InChI=1S/C14H12BrNO4S3/c15-12-3-4-13(22-12)23(18,19)16-9-14(17,10-5-6-20-8-10)11-2-1-7-21-11/h1-8,16-17H,9H2/t14-/m1/s1. The number of nitrogens with one attached hydrogen (secondary N) is 1. The maximum Gasteiger partial charge on any atom is 0.250 e. The fraction of sp³-hybridized carbons (Fsp3) is 0.143. The summed E-state index contributed by atoms with van der Waals surface area (Å²) < 4.78 is 33.2. The van der Waals surface area contributed by atoms with Crippen LogP contribution in [0.5, 0.6) is 0 Å². The first-order valence-electron chi connectivity index (χ1n) is 6.46. The molecule has 0 aliphatic carbocycles. The van der Waals surface area contributed by atoms with Crippen LogP contribution in [0.3, 0.4) is 0 Å².